The van der Waals surface area contributed by atoms with Gasteiger partial charge < -0.3 is 0 Å². The van der Waals surface area contributed by atoms with E-state index in [0.29, 0.717) is 5.56 Å². The Morgan fingerprint density at radius 2 is 1.55 bits per heavy atom. The summed E-state index contributed by atoms with van der Waals surface area (Å²) >= 11 is 13.9. The minimum Gasteiger partial charge on any atom is -0.293 e. The van der Waals surface area contributed by atoms with Gasteiger partial charge in [0.2, 0.25) is 0 Å². The molecule has 1 nitrogen and oxygen atoms in total. The van der Waals surface area contributed by atoms with Gasteiger partial charge in [0, 0.05) is 14.5 Å². The maximum absolute atomic E-state index is 12.5. The zero-order chi connectivity index (χ0) is 14.7. The van der Waals surface area contributed by atoms with Crippen molar-refractivity contribution in [2.45, 2.75) is 9.65 Å². The van der Waals surface area contributed by atoms with E-state index in [1.807, 2.05) is 48.5 Å². The molecule has 0 aliphatic heterocycles. The van der Waals surface area contributed by atoms with Gasteiger partial charge in [-0.25, -0.2) is 0 Å². The fourth-order valence-electron chi connectivity index (χ4n) is 1.75. The van der Waals surface area contributed by atoms with Gasteiger partial charge in [-0.2, -0.15) is 0 Å². The van der Waals surface area contributed by atoms with Gasteiger partial charge in [-0.3, -0.25) is 4.79 Å². The largest absolute Gasteiger partial charge is 0.293 e. The second kappa shape index (κ2) is 7.34. The van der Waals surface area contributed by atoms with Crippen LogP contribution in [0.25, 0.3) is 0 Å². The number of halogens is 4. The lowest BCUT2D eigenvalue weighted by Gasteiger charge is -2.16. The molecule has 0 fully saturated rings. The molecule has 0 amide bonds. The summed E-state index contributed by atoms with van der Waals surface area (Å²) < 4.78 is 1.92. The molecule has 0 aliphatic carbocycles. The van der Waals surface area contributed by atoms with Crippen LogP contribution in [0, 0.1) is 0 Å². The first-order valence-electron chi connectivity index (χ1n) is 5.82. The van der Waals surface area contributed by atoms with Crippen LogP contribution in [0.15, 0.2) is 57.5 Å². The number of Topliss-reactive ketones (excluding diaryl/α,β-unsaturated/α-hetero) is 1. The van der Waals surface area contributed by atoms with E-state index < -0.39 is 0 Å². The number of alkyl halides is 2. The highest BCUT2D eigenvalue weighted by molar-refractivity contribution is 9.12. The molecule has 2 aromatic rings. The highest BCUT2D eigenvalue weighted by Gasteiger charge is 2.26. The molecule has 0 saturated carbocycles. The molecule has 0 unspecified atom stereocenters. The average Bonchev–Trinajstić information content (AvgIpc) is 2.46. The van der Waals surface area contributed by atoms with E-state index in [1.54, 1.807) is 0 Å². The molecule has 0 saturated heterocycles. The van der Waals surface area contributed by atoms with Crippen molar-refractivity contribution in [2.24, 2.45) is 0 Å². The summed E-state index contributed by atoms with van der Waals surface area (Å²) in [5.74, 6) is 0.0519. The van der Waals surface area contributed by atoms with Gasteiger partial charge in [0.05, 0.1) is 9.65 Å². The second-order valence-electron chi connectivity index (χ2n) is 4.23. The second-order valence-corrected chi connectivity index (χ2v) is 8.03. The fourth-order valence-corrected chi connectivity index (χ4v) is 3.53. The molecule has 0 aromatic heterocycles. The predicted molar refractivity (Wildman–Crippen MR) is 97.0 cm³/mol. The van der Waals surface area contributed by atoms with Crippen molar-refractivity contribution in [1.29, 1.82) is 0 Å². The van der Waals surface area contributed by atoms with Crippen LogP contribution in [-0.4, -0.2) is 10.6 Å². The molecule has 0 heterocycles. The van der Waals surface area contributed by atoms with Crippen molar-refractivity contribution >= 4 is 69.5 Å². The summed E-state index contributed by atoms with van der Waals surface area (Å²) in [5, 5.41) is 0. The van der Waals surface area contributed by atoms with Crippen molar-refractivity contribution in [2.75, 3.05) is 0 Å². The van der Waals surface area contributed by atoms with Gasteiger partial charge >= 0.3 is 0 Å². The summed E-state index contributed by atoms with van der Waals surface area (Å²) in [5.41, 5.74) is 1.74. The normalized spacial score (nSPS) is 13.8. The van der Waals surface area contributed by atoms with Crippen LogP contribution in [-0.2, 0) is 0 Å². The Kier molecular flexibility index (Phi) is 6.02. The molecule has 0 aliphatic rings. The van der Waals surface area contributed by atoms with E-state index in [0.717, 1.165) is 14.5 Å². The monoisotopic (exact) mass is 522 g/mol. The van der Waals surface area contributed by atoms with E-state index in [2.05, 4.69) is 63.7 Å². The number of rotatable bonds is 4. The highest BCUT2D eigenvalue weighted by atomic mass is 79.9. The van der Waals surface area contributed by atoms with Gasteiger partial charge in [-0.1, -0.05) is 88.0 Å². The molecule has 0 radical (unpaired) electrons. The number of ketones is 1. The van der Waals surface area contributed by atoms with Crippen LogP contribution < -0.4 is 0 Å². The van der Waals surface area contributed by atoms with Crippen LogP contribution in [0.2, 0.25) is 0 Å². The van der Waals surface area contributed by atoms with Gasteiger partial charge in [0.15, 0.2) is 5.78 Å². The smallest absolute Gasteiger partial charge is 0.177 e. The van der Waals surface area contributed by atoms with E-state index in [4.69, 9.17) is 0 Å². The molecule has 2 aromatic carbocycles. The lowest BCUT2D eigenvalue weighted by Crippen LogP contribution is -2.19. The van der Waals surface area contributed by atoms with E-state index in [1.165, 1.54) is 0 Å². The third-order valence-electron chi connectivity index (χ3n) is 2.80. The summed E-state index contributed by atoms with van der Waals surface area (Å²) in [6, 6.07) is 15.3. The Balaban J connectivity index is 2.20. The number of benzene rings is 2. The Morgan fingerprint density at radius 3 is 2.15 bits per heavy atom. The Hall–Kier alpha value is 0.0300. The zero-order valence-corrected chi connectivity index (χ0v) is 16.5. The molecule has 0 spiro atoms. The van der Waals surface area contributed by atoms with Crippen molar-refractivity contribution in [1.82, 2.24) is 0 Å². The summed E-state index contributed by atoms with van der Waals surface area (Å²) in [7, 11) is 0. The van der Waals surface area contributed by atoms with Crippen LogP contribution in [0.5, 0.6) is 0 Å². The minimum absolute atomic E-state index is 0.0519. The Labute approximate surface area is 151 Å². The lowest BCUT2D eigenvalue weighted by atomic mass is 10.0. The van der Waals surface area contributed by atoms with Crippen molar-refractivity contribution in [3.05, 3.63) is 68.6 Å². The van der Waals surface area contributed by atoms with E-state index in [9.17, 15) is 4.79 Å². The first-order chi connectivity index (χ1) is 9.49. The standard InChI is InChI=1S/C15H10Br4O/c16-11-6-4-9(5-7-11)13(18)14(19)15(20)10-2-1-3-12(17)8-10/h1-8,13-14H/t13-,14-/m0/s1. The lowest BCUT2D eigenvalue weighted by molar-refractivity contribution is 0.0991. The van der Waals surface area contributed by atoms with Crippen LogP contribution in [0.4, 0.5) is 0 Å². The first-order valence-corrected chi connectivity index (χ1v) is 9.24. The zero-order valence-electron chi connectivity index (χ0n) is 10.2. The van der Waals surface area contributed by atoms with Gasteiger partial charge in [-0.05, 0) is 29.8 Å². The quantitative estimate of drug-likeness (QED) is 0.338. The molecule has 2 rings (SSSR count). The van der Waals surface area contributed by atoms with E-state index >= 15 is 0 Å². The van der Waals surface area contributed by atoms with Crippen molar-refractivity contribution < 1.29 is 4.79 Å². The average molecular weight is 526 g/mol. The SMILES string of the molecule is O=C(c1cccc(Br)c1)[C@@H](Br)[C@@H](Br)c1ccc(Br)cc1. The van der Waals surface area contributed by atoms with Gasteiger partial charge in [-0.15, -0.1) is 0 Å². The summed E-state index contributed by atoms with van der Waals surface area (Å²) in [6.45, 7) is 0. The number of carbonyl (C=O) groups excluding carboxylic acids is 1. The highest BCUT2D eigenvalue weighted by Crippen LogP contribution is 2.34. The third kappa shape index (κ3) is 4.03. The molecular formula is C15H10Br4O. The Morgan fingerprint density at radius 1 is 0.900 bits per heavy atom. The first kappa shape index (κ1) is 16.4. The molecular weight excluding hydrogens is 516 g/mol. The van der Waals surface area contributed by atoms with Crippen molar-refractivity contribution in [3.8, 4) is 0 Å². The minimum atomic E-state index is -0.321. The predicted octanol–water partition coefficient (Wildman–Crippen LogP) is 6.29. The third-order valence-corrected chi connectivity index (χ3v) is 6.54. The fraction of sp³-hybridized carbons (Fsp3) is 0.133. The Bertz CT molecular complexity index is 610. The molecule has 0 bridgehead atoms. The number of hydrogen-bond acceptors (Lipinski definition) is 1. The van der Waals surface area contributed by atoms with Crippen LogP contribution in [0.3, 0.4) is 0 Å². The molecule has 0 N–H and O–H groups in total. The molecule has 104 valence electrons. The van der Waals surface area contributed by atoms with Gasteiger partial charge in [0.25, 0.3) is 0 Å². The molecule has 20 heavy (non-hydrogen) atoms. The molecule has 5 heteroatoms. The maximum atomic E-state index is 12.5. The number of carbonyl (C=O) groups is 1. The summed E-state index contributed by atoms with van der Waals surface area (Å²) in [6.07, 6.45) is 0. The van der Waals surface area contributed by atoms with Crippen LogP contribution >= 0.6 is 63.7 Å². The maximum Gasteiger partial charge on any atom is 0.177 e. The summed E-state index contributed by atoms with van der Waals surface area (Å²) in [4.78, 5) is 12.1. The number of hydrogen-bond donors (Lipinski definition) is 0. The van der Waals surface area contributed by atoms with Crippen molar-refractivity contribution in [3.63, 3.8) is 0 Å². The van der Waals surface area contributed by atoms with Crippen LogP contribution in [0.1, 0.15) is 20.7 Å². The van der Waals surface area contributed by atoms with E-state index in [-0.39, 0.29) is 15.4 Å². The molecule has 2 atom stereocenters. The van der Waals surface area contributed by atoms with Gasteiger partial charge in [0.1, 0.15) is 0 Å². The topological polar surface area (TPSA) is 17.1 Å².